The number of aryl methyl sites for hydroxylation is 1. The third kappa shape index (κ3) is 6.96. The fourth-order valence-corrected chi connectivity index (χ4v) is 7.41. The van der Waals surface area contributed by atoms with Gasteiger partial charge < -0.3 is 4.57 Å². The molecule has 0 saturated heterocycles. The molecule has 0 bridgehead atoms. The Morgan fingerprint density at radius 3 is 2.56 bits per heavy atom. The fourth-order valence-electron chi connectivity index (χ4n) is 6.34. The van der Waals surface area contributed by atoms with Crippen molar-refractivity contribution >= 4 is 27.8 Å². The van der Waals surface area contributed by atoms with Crippen molar-refractivity contribution in [2.45, 2.75) is 99.5 Å². The Morgan fingerprint density at radius 2 is 1.91 bits per heavy atom. The van der Waals surface area contributed by atoms with Crippen LogP contribution in [0.1, 0.15) is 103 Å². The molecular weight excluding hydrogens is 543 g/mol. The number of hydrogen-bond donors (Lipinski definition) is 0. The Hall–Kier alpha value is -3.24. The minimum Gasteiger partial charge on any atom is -0.340 e. The molecule has 0 spiro atoms. The molecule has 0 N–H and O–H groups in total. The van der Waals surface area contributed by atoms with Gasteiger partial charge in [0.15, 0.2) is 0 Å². The monoisotopic (exact) mass is 593 g/mol. The van der Waals surface area contributed by atoms with Crippen LogP contribution in [0.15, 0.2) is 73.3 Å². The lowest BCUT2D eigenvalue weighted by Gasteiger charge is -2.25. The van der Waals surface area contributed by atoms with Crippen molar-refractivity contribution < 1.29 is 0 Å². The average Bonchev–Trinajstić information content (AvgIpc) is 3.60. The average molecular weight is 594 g/mol. The van der Waals surface area contributed by atoms with E-state index in [2.05, 4.69) is 108 Å². The predicted octanol–water partition coefficient (Wildman–Crippen LogP) is 11.9. The molecule has 4 rings (SSSR count). The van der Waals surface area contributed by atoms with Crippen LogP contribution in [-0.2, 0) is 13.0 Å². The van der Waals surface area contributed by atoms with Crippen LogP contribution < -0.4 is 0 Å². The van der Waals surface area contributed by atoms with Gasteiger partial charge in [-0.2, -0.15) is 0 Å². The maximum Gasteiger partial charge on any atom is 0.0969 e. The van der Waals surface area contributed by atoms with E-state index in [1.54, 1.807) is 11.3 Å². The number of allylic oxidation sites excluding steroid dienone is 3. The van der Waals surface area contributed by atoms with Crippen LogP contribution in [0.4, 0.5) is 0 Å². The fraction of sp³-hybridized carbons (Fsp3) is 0.436. The van der Waals surface area contributed by atoms with Gasteiger partial charge in [0.25, 0.3) is 0 Å². The highest BCUT2D eigenvalue weighted by Gasteiger charge is 2.28. The first-order valence-electron chi connectivity index (χ1n) is 16.1. The zero-order chi connectivity index (χ0) is 31.3. The molecule has 0 aliphatic rings. The normalized spacial score (nSPS) is 13.3. The lowest BCUT2D eigenvalue weighted by atomic mass is 9.80. The second kappa shape index (κ2) is 14.0. The lowest BCUT2D eigenvalue weighted by molar-refractivity contribution is 0.337. The summed E-state index contributed by atoms with van der Waals surface area (Å²) in [6.07, 6.45) is 10.1. The molecule has 0 aliphatic carbocycles. The summed E-state index contributed by atoms with van der Waals surface area (Å²) >= 11 is 1.80. The standard InChI is InChI=1S/C39H51N3S/c1-11-15-21-39(9,10)24-33-32-23-29(34-25-43-38(41-34)30(17-12-2)28(8)26(5)6)19-20-35(32)42(14-4)37(33)31-18-16-22-40-36(31)27(7)13-3/h11,16,18-20,22-23,25,28,30H,1,5,7,12-15,17,21,24H2,2-4,6,8-10H3. The van der Waals surface area contributed by atoms with Gasteiger partial charge in [-0.05, 0) is 92.7 Å². The Labute approximate surface area is 264 Å². The molecule has 43 heavy (non-hydrogen) atoms. The minimum absolute atomic E-state index is 0.107. The van der Waals surface area contributed by atoms with Crippen molar-refractivity contribution in [2.24, 2.45) is 11.3 Å². The van der Waals surface area contributed by atoms with E-state index < -0.39 is 0 Å². The highest BCUT2D eigenvalue weighted by atomic mass is 32.1. The largest absolute Gasteiger partial charge is 0.340 e. The number of hydrogen-bond acceptors (Lipinski definition) is 3. The van der Waals surface area contributed by atoms with Crippen LogP contribution in [0, 0.1) is 11.3 Å². The number of nitrogens with zero attached hydrogens (tertiary/aromatic N) is 3. The number of rotatable bonds is 15. The minimum atomic E-state index is 0.107. The first kappa shape index (κ1) is 32.7. The molecule has 3 nitrogen and oxygen atoms in total. The second-order valence-electron chi connectivity index (χ2n) is 12.9. The first-order valence-corrected chi connectivity index (χ1v) is 16.9. The van der Waals surface area contributed by atoms with E-state index in [4.69, 9.17) is 9.97 Å². The Balaban J connectivity index is 1.94. The van der Waals surface area contributed by atoms with E-state index in [1.807, 2.05) is 12.3 Å². The zero-order valence-corrected chi connectivity index (χ0v) is 28.4. The summed E-state index contributed by atoms with van der Waals surface area (Å²) in [7, 11) is 0. The van der Waals surface area contributed by atoms with Gasteiger partial charge in [-0.3, -0.25) is 4.98 Å². The maximum atomic E-state index is 5.25. The van der Waals surface area contributed by atoms with Crippen LogP contribution in [0.5, 0.6) is 0 Å². The van der Waals surface area contributed by atoms with Crippen LogP contribution in [0.3, 0.4) is 0 Å². The van der Waals surface area contributed by atoms with Gasteiger partial charge in [-0.15, -0.1) is 17.9 Å². The Morgan fingerprint density at radius 1 is 1.14 bits per heavy atom. The third-order valence-corrected chi connectivity index (χ3v) is 10.1. The number of pyridine rings is 1. The van der Waals surface area contributed by atoms with E-state index in [0.717, 1.165) is 62.0 Å². The molecule has 0 amide bonds. The second-order valence-corrected chi connectivity index (χ2v) is 13.8. The summed E-state index contributed by atoms with van der Waals surface area (Å²) < 4.78 is 2.49. The maximum absolute atomic E-state index is 5.25. The molecule has 0 saturated carbocycles. The summed E-state index contributed by atoms with van der Waals surface area (Å²) in [6.45, 7) is 29.4. The summed E-state index contributed by atoms with van der Waals surface area (Å²) in [5.41, 5.74) is 10.8. The molecule has 0 aliphatic heterocycles. The topological polar surface area (TPSA) is 30.7 Å². The van der Waals surface area contributed by atoms with Gasteiger partial charge in [0.05, 0.1) is 22.1 Å². The summed E-state index contributed by atoms with van der Waals surface area (Å²) in [6, 6.07) is 11.3. The number of fused-ring (bicyclic) bond motifs is 1. The van der Waals surface area contributed by atoms with Crippen LogP contribution in [0.25, 0.3) is 39.0 Å². The molecule has 3 heterocycles. The van der Waals surface area contributed by atoms with Crippen molar-refractivity contribution in [1.82, 2.24) is 14.5 Å². The van der Waals surface area contributed by atoms with E-state index in [1.165, 1.54) is 43.9 Å². The summed E-state index contributed by atoms with van der Waals surface area (Å²) in [4.78, 5) is 10.1. The van der Waals surface area contributed by atoms with Crippen molar-refractivity contribution in [2.75, 3.05) is 0 Å². The van der Waals surface area contributed by atoms with Crippen LogP contribution in [-0.4, -0.2) is 14.5 Å². The molecule has 4 heteroatoms. The zero-order valence-electron chi connectivity index (χ0n) is 27.6. The molecule has 2 atom stereocenters. The number of aromatic nitrogens is 3. The summed E-state index contributed by atoms with van der Waals surface area (Å²) in [5.74, 6) is 0.827. The molecule has 1 aromatic carbocycles. The van der Waals surface area contributed by atoms with Crippen LogP contribution >= 0.6 is 11.3 Å². The van der Waals surface area contributed by atoms with E-state index >= 15 is 0 Å². The molecule has 0 fully saturated rings. The van der Waals surface area contributed by atoms with Gasteiger partial charge >= 0.3 is 0 Å². The molecule has 4 aromatic rings. The van der Waals surface area contributed by atoms with Crippen molar-refractivity contribution in [3.63, 3.8) is 0 Å². The van der Waals surface area contributed by atoms with Crippen molar-refractivity contribution in [1.29, 1.82) is 0 Å². The van der Waals surface area contributed by atoms with Gasteiger partial charge in [-0.25, -0.2) is 4.98 Å². The SMILES string of the molecule is C=CCCC(C)(C)Cc1c(-c2cccnc2C(=C)CC)n(CC)c2ccc(-c3csc(C(CCC)C(C)C(=C)C)n3)cc12. The lowest BCUT2D eigenvalue weighted by Crippen LogP contribution is -2.15. The van der Waals surface area contributed by atoms with E-state index in [9.17, 15) is 0 Å². The van der Waals surface area contributed by atoms with Gasteiger partial charge in [0.1, 0.15) is 0 Å². The molecule has 3 aromatic heterocycles. The van der Waals surface area contributed by atoms with E-state index in [0.29, 0.717) is 11.8 Å². The first-order chi connectivity index (χ1) is 20.6. The van der Waals surface area contributed by atoms with Crippen molar-refractivity contribution in [3.05, 3.63) is 89.6 Å². The third-order valence-electron chi connectivity index (χ3n) is 9.10. The quantitative estimate of drug-likeness (QED) is 0.128. The van der Waals surface area contributed by atoms with Crippen molar-refractivity contribution in [3.8, 4) is 22.5 Å². The Kier molecular flexibility index (Phi) is 10.7. The number of thiazole rings is 1. The Bertz CT molecular complexity index is 1600. The number of benzene rings is 1. The predicted molar refractivity (Wildman–Crippen MR) is 190 cm³/mol. The molecule has 228 valence electrons. The van der Waals surface area contributed by atoms with Gasteiger partial charge in [0, 0.05) is 46.1 Å². The molecule has 0 radical (unpaired) electrons. The molecular formula is C39H51N3S. The van der Waals surface area contributed by atoms with Crippen LogP contribution in [0.2, 0.25) is 0 Å². The smallest absolute Gasteiger partial charge is 0.0969 e. The van der Waals surface area contributed by atoms with Gasteiger partial charge in [-0.1, -0.05) is 71.9 Å². The highest BCUT2D eigenvalue weighted by molar-refractivity contribution is 7.10. The highest BCUT2D eigenvalue weighted by Crippen LogP contribution is 2.43. The summed E-state index contributed by atoms with van der Waals surface area (Å²) in [5, 5.41) is 4.79. The van der Waals surface area contributed by atoms with Gasteiger partial charge in [0.2, 0.25) is 0 Å². The van der Waals surface area contributed by atoms with E-state index in [-0.39, 0.29) is 5.41 Å². The molecule has 2 unspecified atom stereocenters.